The van der Waals surface area contributed by atoms with Crippen LogP contribution < -0.4 is 10.9 Å². The lowest BCUT2D eigenvalue weighted by atomic mass is 10.0. The fourth-order valence-electron chi connectivity index (χ4n) is 4.19. The van der Waals surface area contributed by atoms with Crippen LogP contribution in [0.1, 0.15) is 82.2 Å². The molecule has 1 unspecified atom stereocenters. The molecular formula is C24H33N3O4. The first-order chi connectivity index (χ1) is 15.1. The number of amides is 2. The van der Waals surface area contributed by atoms with Gasteiger partial charge in [0, 0.05) is 18.4 Å². The van der Waals surface area contributed by atoms with Crippen molar-refractivity contribution >= 4 is 22.6 Å². The van der Waals surface area contributed by atoms with Crippen LogP contribution in [-0.4, -0.2) is 33.3 Å². The monoisotopic (exact) mass is 427 g/mol. The van der Waals surface area contributed by atoms with E-state index in [1.54, 1.807) is 6.20 Å². The summed E-state index contributed by atoms with van der Waals surface area (Å²) in [5, 5.41) is 16.6. The van der Waals surface area contributed by atoms with Crippen LogP contribution in [0.5, 0.6) is 0 Å². The van der Waals surface area contributed by atoms with Gasteiger partial charge in [0.1, 0.15) is 6.04 Å². The molecule has 1 atom stereocenters. The normalized spacial score (nSPS) is 16.6. The van der Waals surface area contributed by atoms with E-state index in [9.17, 15) is 14.4 Å². The Hall–Kier alpha value is -2.54. The smallest absolute Gasteiger partial charge is 0.275 e. The number of nitrogens with one attached hydrogen (secondary N) is 1. The lowest BCUT2D eigenvalue weighted by molar-refractivity contribution is -0.136. The van der Waals surface area contributed by atoms with Gasteiger partial charge in [-0.05, 0) is 43.4 Å². The number of aliphatic hydroxyl groups excluding tert-OH is 1. The number of aliphatic hydroxyl groups is 1. The minimum absolute atomic E-state index is 0.214. The Morgan fingerprint density at radius 1 is 0.968 bits per heavy atom. The highest BCUT2D eigenvalue weighted by atomic mass is 16.3. The Balaban J connectivity index is 1.49. The third kappa shape index (κ3) is 6.47. The fourth-order valence-corrected chi connectivity index (χ4v) is 4.19. The summed E-state index contributed by atoms with van der Waals surface area (Å²) in [5.41, 5.74) is 0.897. The highest BCUT2D eigenvalue weighted by Crippen LogP contribution is 2.19. The Kier molecular flexibility index (Phi) is 8.76. The number of carbonyl (C=O) groups is 2. The number of benzene rings is 1. The summed E-state index contributed by atoms with van der Waals surface area (Å²) in [6.45, 7) is 0.306. The van der Waals surface area contributed by atoms with E-state index < -0.39 is 11.9 Å². The molecular weight excluding hydrogens is 394 g/mol. The summed E-state index contributed by atoms with van der Waals surface area (Å²) in [5.74, 6) is -0.773. The summed E-state index contributed by atoms with van der Waals surface area (Å²) < 4.78 is 1.20. The summed E-state index contributed by atoms with van der Waals surface area (Å²) in [4.78, 5) is 36.3. The number of nitrogens with zero attached hydrogens (tertiary/aromatic N) is 2. The molecule has 0 saturated carbocycles. The number of piperidine rings is 1. The SMILES string of the molecule is O=C1CCC(n2ncc3cc(CCCCCCCCCCCO)ccc3c2=O)C(=O)N1. The van der Waals surface area contributed by atoms with Gasteiger partial charge in [-0.15, -0.1) is 0 Å². The van der Waals surface area contributed by atoms with Crippen molar-refractivity contribution in [1.82, 2.24) is 15.1 Å². The number of aromatic nitrogens is 2. The minimum Gasteiger partial charge on any atom is -0.396 e. The van der Waals surface area contributed by atoms with Crippen LogP contribution in [0, 0.1) is 0 Å². The summed E-state index contributed by atoms with van der Waals surface area (Å²) in [6, 6.07) is 5.09. The molecule has 1 aliphatic heterocycles. The van der Waals surface area contributed by atoms with Gasteiger partial charge < -0.3 is 5.11 Å². The lowest BCUT2D eigenvalue weighted by Gasteiger charge is -2.21. The van der Waals surface area contributed by atoms with Gasteiger partial charge in [-0.2, -0.15) is 5.10 Å². The van der Waals surface area contributed by atoms with Gasteiger partial charge in [-0.3, -0.25) is 19.7 Å². The highest BCUT2D eigenvalue weighted by Gasteiger charge is 2.29. The zero-order chi connectivity index (χ0) is 22.1. The topological polar surface area (TPSA) is 101 Å². The molecule has 1 aromatic carbocycles. The van der Waals surface area contributed by atoms with Crippen LogP contribution in [0.3, 0.4) is 0 Å². The van der Waals surface area contributed by atoms with Gasteiger partial charge in [0.25, 0.3) is 11.5 Å². The number of fused-ring (bicyclic) bond motifs is 1. The van der Waals surface area contributed by atoms with Crippen LogP contribution >= 0.6 is 0 Å². The van der Waals surface area contributed by atoms with Crippen molar-refractivity contribution in [1.29, 1.82) is 0 Å². The van der Waals surface area contributed by atoms with E-state index in [0.29, 0.717) is 18.4 Å². The second-order valence-corrected chi connectivity index (χ2v) is 8.44. The Bertz CT molecular complexity index is 953. The number of aryl methyl sites for hydroxylation is 1. The maximum atomic E-state index is 12.8. The number of carbonyl (C=O) groups excluding carboxylic acids is 2. The van der Waals surface area contributed by atoms with E-state index in [2.05, 4.69) is 10.4 Å². The first-order valence-corrected chi connectivity index (χ1v) is 11.5. The molecule has 1 aromatic heterocycles. The molecule has 2 amide bonds. The summed E-state index contributed by atoms with van der Waals surface area (Å²) in [7, 11) is 0. The van der Waals surface area contributed by atoms with Gasteiger partial charge in [0.2, 0.25) is 5.91 Å². The van der Waals surface area contributed by atoms with Crippen LogP contribution in [0.15, 0.2) is 29.2 Å². The first kappa shape index (κ1) is 23.1. The maximum Gasteiger partial charge on any atom is 0.275 e. The van der Waals surface area contributed by atoms with Gasteiger partial charge in [0.15, 0.2) is 0 Å². The van der Waals surface area contributed by atoms with E-state index in [4.69, 9.17) is 5.11 Å². The number of hydrogen-bond donors (Lipinski definition) is 2. The van der Waals surface area contributed by atoms with Crippen molar-refractivity contribution in [2.75, 3.05) is 6.61 Å². The summed E-state index contributed by atoms with van der Waals surface area (Å²) >= 11 is 0. The third-order valence-electron chi connectivity index (χ3n) is 6.00. The molecule has 31 heavy (non-hydrogen) atoms. The molecule has 0 aliphatic carbocycles. The molecule has 1 saturated heterocycles. The van der Waals surface area contributed by atoms with E-state index >= 15 is 0 Å². The second-order valence-electron chi connectivity index (χ2n) is 8.44. The first-order valence-electron chi connectivity index (χ1n) is 11.5. The van der Waals surface area contributed by atoms with E-state index in [1.807, 2.05) is 18.2 Å². The van der Waals surface area contributed by atoms with Crippen molar-refractivity contribution in [3.8, 4) is 0 Å². The van der Waals surface area contributed by atoms with E-state index in [-0.39, 0.29) is 17.9 Å². The molecule has 2 N–H and O–H groups in total. The average Bonchev–Trinajstić information content (AvgIpc) is 2.76. The fraction of sp³-hybridized carbons (Fsp3) is 0.583. The summed E-state index contributed by atoms with van der Waals surface area (Å²) in [6.07, 6.45) is 13.8. The quantitative estimate of drug-likeness (QED) is 0.399. The highest BCUT2D eigenvalue weighted by molar-refractivity contribution is 5.99. The van der Waals surface area contributed by atoms with Crippen molar-refractivity contribution < 1.29 is 14.7 Å². The van der Waals surface area contributed by atoms with Crippen molar-refractivity contribution in [2.45, 2.75) is 83.1 Å². The molecule has 7 nitrogen and oxygen atoms in total. The number of rotatable bonds is 12. The van der Waals surface area contributed by atoms with Crippen LogP contribution in [0.4, 0.5) is 0 Å². The van der Waals surface area contributed by atoms with Crippen LogP contribution in [0.25, 0.3) is 10.8 Å². The van der Waals surface area contributed by atoms with E-state index in [1.165, 1.54) is 48.8 Å². The zero-order valence-electron chi connectivity index (χ0n) is 18.1. The maximum absolute atomic E-state index is 12.8. The van der Waals surface area contributed by atoms with Crippen LogP contribution in [0.2, 0.25) is 0 Å². The second kappa shape index (κ2) is 11.7. The Morgan fingerprint density at radius 3 is 2.32 bits per heavy atom. The molecule has 1 aliphatic rings. The lowest BCUT2D eigenvalue weighted by Crippen LogP contribution is -2.45. The van der Waals surface area contributed by atoms with E-state index in [0.717, 1.165) is 31.1 Å². The molecule has 168 valence electrons. The van der Waals surface area contributed by atoms with Crippen molar-refractivity contribution in [2.24, 2.45) is 0 Å². The Labute approximate surface area is 182 Å². The molecule has 3 rings (SSSR count). The minimum atomic E-state index is -0.732. The average molecular weight is 428 g/mol. The standard InChI is InChI=1S/C24H33N3O4/c28-15-9-7-5-3-1-2-4-6-8-10-18-11-12-20-19(16-18)17-25-27(24(20)31)21-13-14-22(29)26-23(21)30/h11-12,16-17,21,28H,1-10,13-15H2,(H,26,29,30). The predicted molar refractivity (Wildman–Crippen MR) is 120 cm³/mol. The molecule has 7 heteroatoms. The van der Waals surface area contributed by atoms with Gasteiger partial charge in [0.05, 0.1) is 11.6 Å². The molecule has 0 bridgehead atoms. The zero-order valence-corrected chi connectivity index (χ0v) is 18.1. The molecule has 0 spiro atoms. The molecule has 0 radical (unpaired) electrons. The molecule has 2 aromatic rings. The number of hydrogen-bond acceptors (Lipinski definition) is 5. The van der Waals surface area contributed by atoms with Gasteiger partial charge in [-0.1, -0.05) is 51.0 Å². The number of imide groups is 1. The molecule has 1 fully saturated rings. The van der Waals surface area contributed by atoms with Crippen LogP contribution in [-0.2, 0) is 16.0 Å². The predicted octanol–water partition coefficient (Wildman–Crippen LogP) is 3.42. The molecule has 2 heterocycles. The van der Waals surface area contributed by atoms with Gasteiger partial charge in [-0.25, -0.2) is 4.68 Å². The number of unbranched alkanes of at least 4 members (excludes halogenated alkanes) is 8. The van der Waals surface area contributed by atoms with Crippen molar-refractivity contribution in [3.05, 3.63) is 40.3 Å². The van der Waals surface area contributed by atoms with Gasteiger partial charge >= 0.3 is 0 Å². The largest absolute Gasteiger partial charge is 0.396 e. The Morgan fingerprint density at radius 2 is 1.65 bits per heavy atom. The van der Waals surface area contributed by atoms with Crippen molar-refractivity contribution in [3.63, 3.8) is 0 Å². The third-order valence-corrected chi connectivity index (χ3v) is 6.00.